The molecule has 0 saturated carbocycles. The van der Waals surface area contributed by atoms with Gasteiger partial charge in [-0.15, -0.1) is 0 Å². The second-order valence-electron chi connectivity index (χ2n) is 6.55. The van der Waals surface area contributed by atoms with E-state index in [4.69, 9.17) is 15.2 Å². The van der Waals surface area contributed by atoms with Crippen LogP contribution in [0.25, 0.3) is 33.3 Å². The summed E-state index contributed by atoms with van der Waals surface area (Å²) in [6.07, 6.45) is 1.38. The molecule has 1 aromatic heterocycles. The number of primary amides is 1. The highest BCUT2D eigenvalue weighted by Crippen LogP contribution is 2.37. The van der Waals surface area contributed by atoms with Crippen molar-refractivity contribution in [1.29, 1.82) is 0 Å². The average Bonchev–Trinajstić information content (AvgIpc) is 2.78. The van der Waals surface area contributed by atoms with Gasteiger partial charge < -0.3 is 15.2 Å². The Morgan fingerprint density at radius 2 is 1.60 bits per heavy atom. The van der Waals surface area contributed by atoms with Crippen molar-refractivity contribution in [2.45, 2.75) is 0 Å². The normalized spacial score (nSPS) is 10.8. The Morgan fingerprint density at radius 1 is 0.900 bits per heavy atom. The Bertz CT molecular complexity index is 1260. The van der Waals surface area contributed by atoms with E-state index in [1.165, 1.54) is 13.4 Å². The lowest BCUT2D eigenvalue weighted by Crippen LogP contribution is -2.10. The third-order valence-electron chi connectivity index (χ3n) is 4.88. The summed E-state index contributed by atoms with van der Waals surface area (Å²) in [5.74, 6) is 0.0763. The van der Waals surface area contributed by atoms with Crippen LogP contribution in [0.4, 0.5) is 4.39 Å². The van der Waals surface area contributed by atoms with Crippen molar-refractivity contribution in [3.05, 3.63) is 72.3 Å². The van der Waals surface area contributed by atoms with Crippen molar-refractivity contribution in [1.82, 2.24) is 9.97 Å². The summed E-state index contributed by atoms with van der Waals surface area (Å²) in [5, 5.41) is 0.289. The monoisotopic (exact) mass is 403 g/mol. The lowest BCUT2D eigenvalue weighted by molar-refractivity contribution is 0.100. The molecule has 0 atom stereocenters. The van der Waals surface area contributed by atoms with Gasteiger partial charge >= 0.3 is 0 Å². The summed E-state index contributed by atoms with van der Waals surface area (Å²) in [6, 6.07) is 15.2. The second-order valence-corrected chi connectivity index (χ2v) is 6.55. The molecule has 6 nitrogen and oxygen atoms in total. The van der Waals surface area contributed by atoms with Crippen molar-refractivity contribution in [2.75, 3.05) is 14.2 Å². The maximum absolute atomic E-state index is 15.7. The van der Waals surface area contributed by atoms with Gasteiger partial charge in [-0.1, -0.05) is 18.2 Å². The van der Waals surface area contributed by atoms with Gasteiger partial charge in [-0.25, -0.2) is 14.4 Å². The summed E-state index contributed by atoms with van der Waals surface area (Å²) >= 11 is 0. The molecule has 0 radical (unpaired) electrons. The molecule has 1 amide bonds. The van der Waals surface area contributed by atoms with Gasteiger partial charge in [-0.3, -0.25) is 4.79 Å². The number of halogens is 1. The predicted octanol–water partition coefficient (Wildman–Crippen LogP) is 4.22. The Hall–Kier alpha value is -4.00. The van der Waals surface area contributed by atoms with Crippen molar-refractivity contribution in [2.24, 2.45) is 5.73 Å². The van der Waals surface area contributed by atoms with Crippen LogP contribution in [0.2, 0.25) is 0 Å². The molecule has 0 bridgehead atoms. The molecule has 0 aliphatic heterocycles. The number of fused-ring (bicyclic) bond motifs is 1. The SMILES string of the molecule is COc1ccc(-c2ccc3ncnc(-c4ccc(C(N)=O)cc4)c3c2F)cc1OC. The minimum atomic E-state index is -0.531. The van der Waals surface area contributed by atoms with Crippen LogP contribution in [0.1, 0.15) is 10.4 Å². The average molecular weight is 403 g/mol. The van der Waals surface area contributed by atoms with Crippen LogP contribution < -0.4 is 15.2 Å². The Balaban J connectivity index is 1.90. The fourth-order valence-electron chi connectivity index (χ4n) is 3.35. The maximum atomic E-state index is 15.7. The van der Waals surface area contributed by atoms with Crippen LogP contribution in [0.15, 0.2) is 60.9 Å². The van der Waals surface area contributed by atoms with Crippen LogP contribution in [0.3, 0.4) is 0 Å². The van der Waals surface area contributed by atoms with E-state index in [2.05, 4.69) is 9.97 Å². The topological polar surface area (TPSA) is 87.3 Å². The molecule has 30 heavy (non-hydrogen) atoms. The number of benzene rings is 3. The largest absolute Gasteiger partial charge is 0.493 e. The molecule has 150 valence electrons. The van der Waals surface area contributed by atoms with E-state index in [-0.39, 0.29) is 5.39 Å². The molecule has 3 aromatic carbocycles. The van der Waals surface area contributed by atoms with Gasteiger partial charge in [-0.05, 0) is 42.0 Å². The number of nitrogens with two attached hydrogens (primary N) is 1. The van der Waals surface area contributed by atoms with E-state index >= 15 is 4.39 Å². The molecule has 7 heteroatoms. The number of hydrogen-bond donors (Lipinski definition) is 1. The Labute approximate surface area is 172 Å². The summed E-state index contributed by atoms with van der Waals surface area (Å²) < 4.78 is 26.3. The number of carbonyl (C=O) groups excluding carboxylic acids is 1. The molecule has 0 spiro atoms. The molecule has 4 aromatic rings. The smallest absolute Gasteiger partial charge is 0.248 e. The zero-order valence-electron chi connectivity index (χ0n) is 16.3. The number of amides is 1. The summed E-state index contributed by atoms with van der Waals surface area (Å²) in [7, 11) is 3.07. The summed E-state index contributed by atoms with van der Waals surface area (Å²) in [5.41, 5.74) is 8.23. The van der Waals surface area contributed by atoms with Crippen LogP contribution in [-0.4, -0.2) is 30.1 Å². The lowest BCUT2D eigenvalue weighted by Gasteiger charge is -2.12. The van der Waals surface area contributed by atoms with E-state index in [1.54, 1.807) is 61.7 Å². The van der Waals surface area contributed by atoms with E-state index in [1.807, 2.05) is 0 Å². The molecule has 4 rings (SSSR count). The van der Waals surface area contributed by atoms with Crippen LogP contribution in [-0.2, 0) is 0 Å². The first-order chi connectivity index (χ1) is 14.5. The predicted molar refractivity (Wildman–Crippen MR) is 112 cm³/mol. The highest BCUT2D eigenvalue weighted by Gasteiger charge is 2.17. The van der Waals surface area contributed by atoms with Crippen molar-refractivity contribution >= 4 is 16.8 Å². The highest BCUT2D eigenvalue weighted by molar-refractivity contribution is 5.97. The zero-order valence-corrected chi connectivity index (χ0v) is 16.3. The molecule has 0 aliphatic rings. The lowest BCUT2D eigenvalue weighted by atomic mass is 9.98. The second kappa shape index (κ2) is 7.79. The minimum absolute atomic E-state index is 0.289. The van der Waals surface area contributed by atoms with Crippen molar-refractivity contribution < 1.29 is 18.7 Å². The number of rotatable bonds is 5. The number of methoxy groups -OCH3 is 2. The van der Waals surface area contributed by atoms with Gasteiger partial charge in [0.2, 0.25) is 5.91 Å². The van der Waals surface area contributed by atoms with Gasteiger partial charge in [0.15, 0.2) is 11.5 Å². The summed E-state index contributed by atoms with van der Waals surface area (Å²) in [6.45, 7) is 0. The number of carbonyl (C=O) groups is 1. The minimum Gasteiger partial charge on any atom is -0.493 e. The number of nitrogens with zero attached hydrogens (tertiary/aromatic N) is 2. The molecule has 0 unspecified atom stereocenters. The van der Waals surface area contributed by atoms with Gasteiger partial charge in [0.25, 0.3) is 0 Å². The third kappa shape index (κ3) is 3.30. The van der Waals surface area contributed by atoms with Gasteiger partial charge in [0.05, 0.1) is 30.8 Å². The number of hydrogen-bond acceptors (Lipinski definition) is 5. The molecule has 2 N–H and O–H groups in total. The first-order valence-corrected chi connectivity index (χ1v) is 9.09. The van der Waals surface area contributed by atoms with Crippen LogP contribution in [0.5, 0.6) is 11.5 Å². The van der Waals surface area contributed by atoms with E-state index in [0.29, 0.717) is 45.0 Å². The van der Waals surface area contributed by atoms with E-state index in [0.717, 1.165) is 0 Å². The standard InChI is InChI=1S/C23H18FN3O3/c1-29-18-10-7-15(11-19(18)30-2)16-8-9-17-20(21(16)24)22(27-12-26-17)13-3-5-14(6-4-13)23(25)28/h3-12H,1-2H3,(H2,25,28). The van der Waals surface area contributed by atoms with Crippen LogP contribution >= 0.6 is 0 Å². The van der Waals surface area contributed by atoms with E-state index in [9.17, 15) is 4.79 Å². The maximum Gasteiger partial charge on any atom is 0.248 e. The van der Waals surface area contributed by atoms with Gasteiger partial charge in [0, 0.05) is 16.7 Å². The quantitative estimate of drug-likeness (QED) is 0.539. The van der Waals surface area contributed by atoms with Gasteiger partial charge in [-0.2, -0.15) is 0 Å². The fourth-order valence-corrected chi connectivity index (χ4v) is 3.35. The third-order valence-corrected chi connectivity index (χ3v) is 4.88. The highest BCUT2D eigenvalue weighted by atomic mass is 19.1. The zero-order chi connectivity index (χ0) is 21.3. The molecule has 0 aliphatic carbocycles. The van der Waals surface area contributed by atoms with Crippen molar-refractivity contribution in [3.8, 4) is 33.9 Å². The molecule has 1 heterocycles. The fraction of sp³-hybridized carbons (Fsp3) is 0.0870. The first-order valence-electron chi connectivity index (χ1n) is 9.09. The molecule has 0 fully saturated rings. The molecular weight excluding hydrogens is 385 g/mol. The van der Waals surface area contributed by atoms with E-state index < -0.39 is 11.7 Å². The van der Waals surface area contributed by atoms with Crippen molar-refractivity contribution in [3.63, 3.8) is 0 Å². The number of ether oxygens (including phenoxy) is 2. The molecule has 0 saturated heterocycles. The van der Waals surface area contributed by atoms with Crippen LogP contribution in [0, 0.1) is 5.82 Å². The Morgan fingerprint density at radius 3 is 2.27 bits per heavy atom. The molecular formula is C23H18FN3O3. The number of aromatic nitrogens is 2. The Kier molecular flexibility index (Phi) is 5.02. The summed E-state index contributed by atoms with van der Waals surface area (Å²) in [4.78, 5) is 19.8. The first kappa shape index (κ1) is 19.3. The van der Waals surface area contributed by atoms with Gasteiger partial charge in [0.1, 0.15) is 12.1 Å².